The normalized spacial score (nSPS) is 11.7. The first-order valence-corrected chi connectivity index (χ1v) is 8.09. The van der Waals surface area contributed by atoms with Crippen LogP contribution < -0.4 is 5.73 Å². The van der Waals surface area contributed by atoms with Crippen molar-refractivity contribution in [3.8, 4) is 0 Å². The number of rotatable bonds is 5. The molecule has 0 saturated heterocycles. The molecule has 0 fully saturated rings. The zero-order chi connectivity index (χ0) is 18.6. The minimum atomic E-state index is -1.05. The van der Waals surface area contributed by atoms with Crippen molar-refractivity contribution >= 4 is 29.2 Å². The Bertz CT molecular complexity index is 764. The van der Waals surface area contributed by atoms with Crippen molar-refractivity contribution in [3.63, 3.8) is 0 Å². The van der Waals surface area contributed by atoms with E-state index in [2.05, 4.69) is 0 Å². The summed E-state index contributed by atoms with van der Waals surface area (Å²) in [5.74, 6) is -1.23. The van der Waals surface area contributed by atoms with E-state index in [1.54, 1.807) is 12.1 Å². The maximum atomic E-state index is 12.3. The largest absolute Gasteiger partial charge is 0.466 e. The molecule has 0 heterocycles. The summed E-state index contributed by atoms with van der Waals surface area (Å²) in [5, 5.41) is 0.508. The molecule has 2 aromatic carbocycles. The fourth-order valence-corrected chi connectivity index (χ4v) is 2.61. The number of halogens is 1. The highest BCUT2D eigenvalue weighted by atomic mass is 35.5. The molecule has 0 amide bonds. The molecule has 2 N–H and O–H groups in total. The molecule has 0 bridgehead atoms. The van der Waals surface area contributed by atoms with Crippen molar-refractivity contribution in [1.29, 1.82) is 0 Å². The van der Waals surface area contributed by atoms with E-state index in [0.29, 0.717) is 16.3 Å². The topological polar surface area (TPSA) is 78.6 Å². The monoisotopic (exact) mass is 361 g/mol. The Hall–Kier alpha value is -2.53. The average Bonchev–Trinajstić information content (AvgIpc) is 2.58. The van der Waals surface area contributed by atoms with Crippen LogP contribution in [0.2, 0.25) is 5.02 Å². The number of ether oxygens (including phenoxy) is 2. The molecule has 0 spiro atoms. The number of nitrogens with two attached hydrogens (primary N) is 1. The zero-order valence-electron chi connectivity index (χ0n) is 14.3. The third-order valence-electron chi connectivity index (χ3n) is 3.87. The Kier molecular flexibility index (Phi) is 6.04. The molecular formula is C19H20ClNO4. The van der Waals surface area contributed by atoms with Crippen LogP contribution in [0.4, 0.5) is 5.69 Å². The molecule has 2 aromatic rings. The number of carbonyl (C=O) groups excluding carboxylic acids is 2. The summed E-state index contributed by atoms with van der Waals surface area (Å²) in [7, 11) is 1.25. The Balaban J connectivity index is 2.20. The average molecular weight is 362 g/mol. The highest BCUT2D eigenvalue weighted by Crippen LogP contribution is 2.21. The summed E-state index contributed by atoms with van der Waals surface area (Å²) in [5.41, 5.74) is 9.61. The molecule has 2 rings (SSSR count). The molecule has 5 nitrogen and oxygen atoms in total. The summed E-state index contributed by atoms with van der Waals surface area (Å²) in [6.45, 7) is 3.78. The Labute approximate surface area is 151 Å². The van der Waals surface area contributed by atoms with Crippen LogP contribution >= 0.6 is 11.6 Å². The first-order valence-electron chi connectivity index (χ1n) is 7.71. The van der Waals surface area contributed by atoms with Crippen LogP contribution in [-0.2, 0) is 20.7 Å². The van der Waals surface area contributed by atoms with Gasteiger partial charge in [0.25, 0.3) is 0 Å². The lowest BCUT2D eigenvalue weighted by Gasteiger charge is -2.17. The number of nitrogen functional groups attached to an aromatic ring is 1. The smallest absolute Gasteiger partial charge is 0.347 e. The van der Waals surface area contributed by atoms with E-state index in [4.69, 9.17) is 26.8 Å². The van der Waals surface area contributed by atoms with Crippen molar-refractivity contribution in [1.82, 2.24) is 0 Å². The first-order chi connectivity index (χ1) is 11.8. The molecule has 132 valence electrons. The van der Waals surface area contributed by atoms with E-state index >= 15 is 0 Å². The maximum Gasteiger partial charge on any atom is 0.347 e. The fraction of sp³-hybridized carbons (Fsp3) is 0.263. The number of hydrogen-bond donors (Lipinski definition) is 1. The van der Waals surface area contributed by atoms with Gasteiger partial charge >= 0.3 is 11.9 Å². The predicted octanol–water partition coefficient (Wildman–Crippen LogP) is 3.48. The van der Waals surface area contributed by atoms with Gasteiger partial charge in [0.15, 0.2) is 0 Å². The molecule has 0 radical (unpaired) electrons. The second kappa shape index (κ2) is 8.03. The van der Waals surface area contributed by atoms with Crippen LogP contribution in [0.25, 0.3) is 0 Å². The summed E-state index contributed by atoms with van der Waals surface area (Å²) in [6, 6.07) is 9.98. The molecule has 0 aliphatic rings. The van der Waals surface area contributed by atoms with Crippen molar-refractivity contribution in [2.45, 2.75) is 26.4 Å². The lowest BCUT2D eigenvalue weighted by atomic mass is 10.0. The van der Waals surface area contributed by atoms with Gasteiger partial charge in [-0.2, -0.15) is 0 Å². The number of methoxy groups -OCH3 is 1. The Morgan fingerprint density at radius 3 is 2.20 bits per heavy atom. The number of benzene rings is 2. The SMILES string of the molecule is COC(=O)[C@@H](Cc1cc(C)c(N)c(C)c1)OC(=O)c1ccc(Cl)cc1. The molecule has 1 atom stereocenters. The minimum Gasteiger partial charge on any atom is -0.466 e. The van der Waals surface area contributed by atoms with Gasteiger partial charge in [-0.1, -0.05) is 23.7 Å². The van der Waals surface area contributed by atoms with Crippen LogP contribution in [0.1, 0.15) is 27.0 Å². The highest BCUT2D eigenvalue weighted by molar-refractivity contribution is 6.30. The van der Waals surface area contributed by atoms with E-state index in [-0.39, 0.29) is 6.42 Å². The van der Waals surface area contributed by atoms with Gasteiger partial charge in [-0.25, -0.2) is 9.59 Å². The quantitative estimate of drug-likeness (QED) is 0.651. The van der Waals surface area contributed by atoms with E-state index in [1.807, 2.05) is 26.0 Å². The van der Waals surface area contributed by atoms with Crippen molar-refractivity contribution in [2.24, 2.45) is 0 Å². The standard InChI is InChI=1S/C19H20ClNO4/c1-11-8-13(9-12(2)17(11)21)10-16(19(23)24-3)25-18(22)14-4-6-15(20)7-5-14/h4-9,16H,10,21H2,1-3H3/t16-/m1/s1. The molecular weight excluding hydrogens is 342 g/mol. The van der Waals surface area contributed by atoms with Gasteiger partial charge in [-0.05, 0) is 54.8 Å². The molecule has 0 aromatic heterocycles. The predicted molar refractivity (Wildman–Crippen MR) is 96.7 cm³/mol. The molecule has 6 heteroatoms. The van der Waals surface area contributed by atoms with Gasteiger partial charge in [0.05, 0.1) is 12.7 Å². The van der Waals surface area contributed by atoms with Crippen LogP contribution in [-0.4, -0.2) is 25.2 Å². The van der Waals surface area contributed by atoms with E-state index in [9.17, 15) is 9.59 Å². The number of hydrogen-bond acceptors (Lipinski definition) is 5. The molecule has 0 aliphatic carbocycles. The van der Waals surface area contributed by atoms with Crippen molar-refractivity contribution in [3.05, 3.63) is 63.7 Å². The van der Waals surface area contributed by atoms with Crippen molar-refractivity contribution < 1.29 is 19.1 Å². The summed E-state index contributed by atoms with van der Waals surface area (Å²) in [4.78, 5) is 24.3. The van der Waals surface area contributed by atoms with E-state index < -0.39 is 18.0 Å². The number of esters is 2. The van der Waals surface area contributed by atoms with Crippen LogP contribution in [0.3, 0.4) is 0 Å². The first kappa shape index (κ1) is 18.8. The summed E-state index contributed by atoms with van der Waals surface area (Å²) in [6.07, 6.45) is -0.843. The molecule has 0 unspecified atom stereocenters. The van der Waals surface area contributed by atoms with E-state index in [1.165, 1.54) is 19.2 Å². The zero-order valence-corrected chi connectivity index (χ0v) is 15.1. The summed E-state index contributed by atoms with van der Waals surface area (Å²) >= 11 is 5.81. The summed E-state index contributed by atoms with van der Waals surface area (Å²) < 4.78 is 10.1. The van der Waals surface area contributed by atoms with Crippen LogP contribution in [0, 0.1) is 13.8 Å². The van der Waals surface area contributed by atoms with Gasteiger partial charge in [0.1, 0.15) is 0 Å². The highest BCUT2D eigenvalue weighted by Gasteiger charge is 2.25. The van der Waals surface area contributed by atoms with Crippen LogP contribution in [0.15, 0.2) is 36.4 Å². The van der Waals surface area contributed by atoms with Crippen LogP contribution in [0.5, 0.6) is 0 Å². The van der Waals surface area contributed by atoms with Gasteiger partial charge in [0.2, 0.25) is 6.10 Å². The second-order valence-electron chi connectivity index (χ2n) is 5.77. The lowest BCUT2D eigenvalue weighted by Crippen LogP contribution is -2.30. The third kappa shape index (κ3) is 4.73. The van der Waals surface area contributed by atoms with Gasteiger partial charge < -0.3 is 15.2 Å². The van der Waals surface area contributed by atoms with E-state index in [0.717, 1.165) is 16.7 Å². The Morgan fingerprint density at radius 1 is 1.12 bits per heavy atom. The van der Waals surface area contributed by atoms with Gasteiger partial charge in [0, 0.05) is 17.1 Å². The lowest BCUT2D eigenvalue weighted by molar-refractivity contribution is -0.150. The molecule has 25 heavy (non-hydrogen) atoms. The van der Waals surface area contributed by atoms with Gasteiger partial charge in [-0.3, -0.25) is 0 Å². The number of aryl methyl sites for hydroxylation is 2. The maximum absolute atomic E-state index is 12.3. The number of carbonyl (C=O) groups is 2. The van der Waals surface area contributed by atoms with Gasteiger partial charge in [-0.15, -0.1) is 0 Å². The van der Waals surface area contributed by atoms with Crippen molar-refractivity contribution in [2.75, 3.05) is 12.8 Å². The number of anilines is 1. The third-order valence-corrected chi connectivity index (χ3v) is 4.12. The Morgan fingerprint density at radius 2 is 1.68 bits per heavy atom. The minimum absolute atomic E-state index is 0.202. The fourth-order valence-electron chi connectivity index (χ4n) is 2.48. The molecule has 0 aliphatic heterocycles. The second-order valence-corrected chi connectivity index (χ2v) is 6.21. The molecule has 0 saturated carbocycles.